The summed E-state index contributed by atoms with van der Waals surface area (Å²) in [5.41, 5.74) is 3.62. The average Bonchev–Trinajstić information content (AvgIpc) is 2.87. The Morgan fingerprint density at radius 2 is 1.91 bits per heavy atom. The molecule has 2 atom stereocenters. The smallest absolute Gasteiger partial charge is 0.224 e. The number of nitrogens with zero attached hydrogens (tertiary/aromatic N) is 3. The van der Waals surface area contributed by atoms with Gasteiger partial charge < -0.3 is 10.2 Å². The minimum Gasteiger partial charge on any atom is -0.335 e. The van der Waals surface area contributed by atoms with Gasteiger partial charge in [0.1, 0.15) is 0 Å². The van der Waals surface area contributed by atoms with Crippen LogP contribution in [0.2, 0.25) is 0 Å². The maximum Gasteiger partial charge on any atom is 0.224 e. The first-order chi connectivity index (χ1) is 10.7. The Morgan fingerprint density at radius 3 is 2.73 bits per heavy atom. The lowest BCUT2D eigenvalue weighted by Gasteiger charge is -2.24. The van der Waals surface area contributed by atoms with Crippen molar-refractivity contribution in [3.63, 3.8) is 0 Å². The summed E-state index contributed by atoms with van der Waals surface area (Å²) in [5.74, 6) is 0.231. The Morgan fingerprint density at radius 1 is 1.18 bits per heavy atom. The van der Waals surface area contributed by atoms with Crippen molar-refractivity contribution in [2.75, 3.05) is 6.54 Å². The average molecular weight is 296 g/mol. The van der Waals surface area contributed by atoms with E-state index in [0.29, 0.717) is 25.0 Å². The molecule has 0 radical (unpaired) electrons. The Balaban J connectivity index is 1.62. The highest BCUT2D eigenvalue weighted by Gasteiger charge is 2.33. The van der Waals surface area contributed by atoms with Crippen LogP contribution in [0.3, 0.4) is 0 Å². The van der Waals surface area contributed by atoms with E-state index in [0.717, 1.165) is 41.8 Å². The van der Waals surface area contributed by atoms with Crippen molar-refractivity contribution in [3.05, 3.63) is 35.7 Å². The molecule has 0 aliphatic carbocycles. The molecule has 1 aromatic heterocycles. The van der Waals surface area contributed by atoms with Crippen LogP contribution in [0.4, 0.5) is 0 Å². The van der Waals surface area contributed by atoms with E-state index in [-0.39, 0.29) is 5.91 Å². The Labute approximate surface area is 129 Å². The molecule has 5 heteroatoms. The van der Waals surface area contributed by atoms with E-state index < -0.39 is 0 Å². The zero-order chi connectivity index (χ0) is 15.1. The van der Waals surface area contributed by atoms with Crippen LogP contribution in [-0.4, -0.2) is 39.4 Å². The minimum absolute atomic E-state index is 0.231. The van der Waals surface area contributed by atoms with Gasteiger partial charge in [-0.15, -0.1) is 0 Å². The topological polar surface area (TPSA) is 58.1 Å². The zero-order valence-electron chi connectivity index (χ0n) is 12.7. The molecule has 2 aliphatic heterocycles. The van der Waals surface area contributed by atoms with Crippen molar-refractivity contribution in [2.45, 2.75) is 44.8 Å². The Hall–Kier alpha value is -2.01. The second-order valence-corrected chi connectivity index (χ2v) is 6.36. The largest absolute Gasteiger partial charge is 0.335 e. The summed E-state index contributed by atoms with van der Waals surface area (Å²) in [6.45, 7) is 3.32. The molecule has 3 heterocycles. The lowest BCUT2D eigenvalue weighted by Crippen LogP contribution is -2.37. The van der Waals surface area contributed by atoms with Gasteiger partial charge in [-0.2, -0.15) is 0 Å². The number of aromatic nitrogens is 2. The number of hydrogen-bond donors (Lipinski definition) is 1. The van der Waals surface area contributed by atoms with Gasteiger partial charge >= 0.3 is 0 Å². The van der Waals surface area contributed by atoms with Gasteiger partial charge in [0.25, 0.3) is 0 Å². The fourth-order valence-electron chi connectivity index (χ4n) is 3.52. The number of carbonyl (C=O) groups excluding carboxylic acids is 1. The molecular formula is C17H20N4O. The van der Waals surface area contributed by atoms with E-state index in [2.05, 4.69) is 10.3 Å². The fourth-order valence-corrected chi connectivity index (χ4v) is 3.52. The monoisotopic (exact) mass is 296 g/mol. The highest BCUT2D eigenvalue weighted by Crippen LogP contribution is 2.23. The number of likely N-dealkylation sites (tertiary alicyclic amines) is 1. The van der Waals surface area contributed by atoms with Crippen LogP contribution in [0.15, 0.2) is 24.3 Å². The third-order valence-corrected chi connectivity index (χ3v) is 4.73. The first-order valence-electron chi connectivity index (χ1n) is 7.95. The van der Waals surface area contributed by atoms with Crippen LogP contribution in [0.25, 0.3) is 11.0 Å². The van der Waals surface area contributed by atoms with Gasteiger partial charge in [0, 0.05) is 25.0 Å². The third-order valence-electron chi connectivity index (χ3n) is 4.73. The summed E-state index contributed by atoms with van der Waals surface area (Å²) < 4.78 is 0. The maximum absolute atomic E-state index is 12.4. The Kier molecular flexibility index (Phi) is 3.30. The molecule has 4 rings (SSSR count). The number of fused-ring (bicyclic) bond motifs is 3. The summed E-state index contributed by atoms with van der Waals surface area (Å²) in [7, 11) is 0. The van der Waals surface area contributed by atoms with E-state index >= 15 is 0 Å². The van der Waals surface area contributed by atoms with Crippen molar-refractivity contribution in [1.82, 2.24) is 20.2 Å². The standard InChI is InChI=1S/C17H20N4O/c1-11-16(20-15-5-3-2-4-14(15)18-11)10-21-9-13-7-6-12(19-13)8-17(21)22/h2-5,12-13,19H,6-10H2,1H3/t12-,13+/m1/s1. The number of benzene rings is 1. The summed E-state index contributed by atoms with van der Waals surface area (Å²) in [5, 5.41) is 3.54. The van der Waals surface area contributed by atoms with Gasteiger partial charge in [-0.3, -0.25) is 4.79 Å². The lowest BCUT2D eigenvalue weighted by molar-refractivity contribution is -0.132. The van der Waals surface area contributed by atoms with Gasteiger partial charge in [0.15, 0.2) is 0 Å². The molecule has 5 nitrogen and oxygen atoms in total. The Bertz CT molecular complexity index is 730. The normalized spacial score (nSPS) is 24.8. The van der Waals surface area contributed by atoms with E-state index in [1.54, 1.807) is 0 Å². The molecule has 2 bridgehead atoms. The first kappa shape index (κ1) is 13.6. The molecule has 2 aliphatic rings. The maximum atomic E-state index is 12.4. The fraction of sp³-hybridized carbons (Fsp3) is 0.471. The predicted octanol–water partition coefficient (Wildman–Crippen LogP) is 1.79. The van der Waals surface area contributed by atoms with Gasteiger partial charge in [0.05, 0.1) is 29.0 Å². The van der Waals surface area contributed by atoms with Crippen LogP contribution in [0, 0.1) is 6.92 Å². The van der Waals surface area contributed by atoms with Gasteiger partial charge in [-0.05, 0) is 31.9 Å². The quantitative estimate of drug-likeness (QED) is 0.918. The van der Waals surface area contributed by atoms with Crippen molar-refractivity contribution >= 4 is 16.9 Å². The first-order valence-corrected chi connectivity index (χ1v) is 7.95. The second-order valence-electron chi connectivity index (χ2n) is 6.36. The molecule has 0 spiro atoms. The van der Waals surface area contributed by atoms with Crippen molar-refractivity contribution in [1.29, 1.82) is 0 Å². The number of aryl methyl sites for hydroxylation is 1. The molecule has 114 valence electrons. The van der Waals surface area contributed by atoms with E-state index in [1.807, 2.05) is 36.1 Å². The molecule has 0 saturated carbocycles. The molecule has 2 saturated heterocycles. The third kappa shape index (κ3) is 2.46. The molecule has 2 aromatic rings. The molecular weight excluding hydrogens is 276 g/mol. The second kappa shape index (κ2) is 5.32. The molecule has 1 N–H and O–H groups in total. The number of amides is 1. The van der Waals surface area contributed by atoms with Crippen LogP contribution < -0.4 is 5.32 Å². The predicted molar refractivity (Wildman–Crippen MR) is 84.3 cm³/mol. The van der Waals surface area contributed by atoms with Gasteiger partial charge in [-0.1, -0.05) is 12.1 Å². The van der Waals surface area contributed by atoms with Gasteiger partial charge in [0.2, 0.25) is 5.91 Å². The zero-order valence-corrected chi connectivity index (χ0v) is 12.7. The summed E-state index contributed by atoms with van der Waals surface area (Å²) in [6, 6.07) is 8.68. The number of hydrogen-bond acceptors (Lipinski definition) is 4. The molecule has 1 amide bonds. The van der Waals surface area contributed by atoms with Crippen LogP contribution in [0.5, 0.6) is 0 Å². The van der Waals surface area contributed by atoms with Crippen molar-refractivity contribution in [2.24, 2.45) is 0 Å². The van der Waals surface area contributed by atoms with Gasteiger partial charge in [-0.25, -0.2) is 9.97 Å². The number of carbonyl (C=O) groups is 1. The number of rotatable bonds is 2. The summed E-state index contributed by atoms with van der Waals surface area (Å²) in [4.78, 5) is 23.7. The minimum atomic E-state index is 0.231. The SMILES string of the molecule is Cc1nc2ccccc2nc1CN1C[C@@H]2CC[C@H](CC1=O)N2. The van der Waals surface area contributed by atoms with E-state index in [4.69, 9.17) is 4.98 Å². The lowest BCUT2D eigenvalue weighted by atomic mass is 10.1. The van der Waals surface area contributed by atoms with Crippen LogP contribution in [-0.2, 0) is 11.3 Å². The van der Waals surface area contributed by atoms with Crippen molar-refractivity contribution < 1.29 is 4.79 Å². The molecule has 0 unspecified atom stereocenters. The van der Waals surface area contributed by atoms with E-state index in [9.17, 15) is 4.79 Å². The molecule has 2 fully saturated rings. The number of para-hydroxylation sites is 2. The number of nitrogens with one attached hydrogen (secondary N) is 1. The molecule has 22 heavy (non-hydrogen) atoms. The van der Waals surface area contributed by atoms with Crippen LogP contribution in [0.1, 0.15) is 30.7 Å². The van der Waals surface area contributed by atoms with Crippen LogP contribution >= 0.6 is 0 Å². The summed E-state index contributed by atoms with van der Waals surface area (Å²) in [6.07, 6.45) is 2.90. The highest BCUT2D eigenvalue weighted by molar-refractivity contribution is 5.78. The van der Waals surface area contributed by atoms with E-state index in [1.165, 1.54) is 0 Å². The summed E-state index contributed by atoms with van der Waals surface area (Å²) >= 11 is 0. The van der Waals surface area contributed by atoms with Crippen molar-refractivity contribution in [3.8, 4) is 0 Å². The molecule has 1 aromatic carbocycles. The highest BCUT2D eigenvalue weighted by atomic mass is 16.2.